The molecule has 1 aromatic heterocycles. The van der Waals surface area contributed by atoms with Crippen LogP contribution in [-0.4, -0.2) is 34.2 Å². The highest BCUT2D eigenvalue weighted by atomic mass is 32.2. The van der Waals surface area contributed by atoms with E-state index >= 15 is 0 Å². The van der Waals surface area contributed by atoms with E-state index in [4.69, 9.17) is 4.74 Å². The van der Waals surface area contributed by atoms with E-state index in [0.717, 1.165) is 29.9 Å². The molecule has 0 aliphatic heterocycles. The Morgan fingerprint density at radius 1 is 1.22 bits per heavy atom. The zero-order valence-corrected chi connectivity index (χ0v) is 11.5. The molecule has 0 fully saturated rings. The average Bonchev–Trinajstić information content (AvgIpc) is 2.73. The van der Waals surface area contributed by atoms with E-state index in [1.165, 1.54) is 5.56 Å². The predicted molar refractivity (Wildman–Crippen MR) is 72.9 cm³/mol. The second kappa shape index (κ2) is 6.56. The number of methoxy groups -OCH3 is 1. The standard InChI is InChI=1S/C13H17N3OS/c1-11-14-15-13(18-9-8-17-2)16(11)10-12-6-4-3-5-7-12/h3-7H,8-10H2,1-2H3. The molecule has 1 aromatic carbocycles. The van der Waals surface area contributed by atoms with E-state index in [1.807, 2.05) is 25.1 Å². The molecule has 0 bridgehead atoms. The van der Waals surface area contributed by atoms with Gasteiger partial charge in [0.1, 0.15) is 5.82 Å². The second-order valence-corrected chi connectivity index (χ2v) is 5.00. The van der Waals surface area contributed by atoms with Crippen LogP contribution in [0.15, 0.2) is 35.5 Å². The number of thioether (sulfide) groups is 1. The van der Waals surface area contributed by atoms with Gasteiger partial charge in [0.05, 0.1) is 13.2 Å². The van der Waals surface area contributed by atoms with Gasteiger partial charge in [-0.05, 0) is 12.5 Å². The number of nitrogens with zero attached hydrogens (tertiary/aromatic N) is 3. The molecule has 0 aliphatic carbocycles. The lowest BCUT2D eigenvalue weighted by molar-refractivity contribution is 0.218. The second-order valence-electron chi connectivity index (χ2n) is 3.94. The summed E-state index contributed by atoms with van der Waals surface area (Å²) >= 11 is 1.68. The Morgan fingerprint density at radius 3 is 2.72 bits per heavy atom. The minimum Gasteiger partial charge on any atom is -0.384 e. The molecule has 0 aliphatic rings. The van der Waals surface area contributed by atoms with Crippen molar-refractivity contribution < 1.29 is 4.74 Å². The summed E-state index contributed by atoms with van der Waals surface area (Å²) in [4.78, 5) is 0. The van der Waals surface area contributed by atoms with Crippen LogP contribution in [0.2, 0.25) is 0 Å². The molecule has 2 rings (SSSR count). The summed E-state index contributed by atoms with van der Waals surface area (Å²) in [6.07, 6.45) is 0. The molecule has 0 radical (unpaired) electrons. The van der Waals surface area contributed by atoms with Gasteiger partial charge in [-0.1, -0.05) is 42.1 Å². The van der Waals surface area contributed by atoms with Crippen molar-refractivity contribution >= 4 is 11.8 Å². The summed E-state index contributed by atoms with van der Waals surface area (Å²) in [5, 5.41) is 9.30. The molecule has 1 heterocycles. The summed E-state index contributed by atoms with van der Waals surface area (Å²) in [5.74, 6) is 1.84. The zero-order valence-electron chi connectivity index (χ0n) is 10.7. The highest BCUT2D eigenvalue weighted by Crippen LogP contribution is 2.18. The summed E-state index contributed by atoms with van der Waals surface area (Å²) in [6.45, 7) is 3.52. The van der Waals surface area contributed by atoms with Crippen molar-refractivity contribution in [3.05, 3.63) is 41.7 Å². The first kappa shape index (κ1) is 13.1. The predicted octanol–water partition coefficient (Wildman–Crippen LogP) is 2.37. The molecular formula is C13H17N3OS. The van der Waals surface area contributed by atoms with Crippen LogP contribution in [0.4, 0.5) is 0 Å². The van der Waals surface area contributed by atoms with Gasteiger partial charge < -0.3 is 9.30 Å². The third-order valence-electron chi connectivity index (χ3n) is 2.60. The number of benzene rings is 1. The SMILES string of the molecule is COCCSc1nnc(C)n1Cc1ccccc1. The van der Waals surface area contributed by atoms with Gasteiger partial charge in [-0.15, -0.1) is 10.2 Å². The molecule has 0 unspecified atom stereocenters. The maximum atomic E-state index is 5.05. The van der Waals surface area contributed by atoms with Crippen LogP contribution in [0.1, 0.15) is 11.4 Å². The molecule has 2 aromatic rings. The van der Waals surface area contributed by atoms with Crippen molar-refractivity contribution in [3.8, 4) is 0 Å². The number of aryl methyl sites for hydroxylation is 1. The van der Waals surface area contributed by atoms with Gasteiger partial charge in [-0.3, -0.25) is 0 Å². The van der Waals surface area contributed by atoms with Crippen LogP contribution in [0.5, 0.6) is 0 Å². The minimum atomic E-state index is 0.724. The highest BCUT2D eigenvalue weighted by Gasteiger charge is 2.09. The molecule has 0 spiro atoms. The first-order chi connectivity index (χ1) is 8.81. The normalized spacial score (nSPS) is 10.8. The smallest absolute Gasteiger partial charge is 0.191 e. The molecule has 0 saturated heterocycles. The molecule has 18 heavy (non-hydrogen) atoms. The van der Waals surface area contributed by atoms with E-state index in [-0.39, 0.29) is 0 Å². The van der Waals surface area contributed by atoms with Gasteiger partial charge >= 0.3 is 0 Å². The van der Waals surface area contributed by atoms with Crippen LogP contribution >= 0.6 is 11.8 Å². The van der Waals surface area contributed by atoms with Gasteiger partial charge in [-0.25, -0.2) is 0 Å². The van der Waals surface area contributed by atoms with Gasteiger partial charge in [0.15, 0.2) is 5.16 Å². The van der Waals surface area contributed by atoms with Crippen LogP contribution in [0, 0.1) is 6.92 Å². The number of aromatic nitrogens is 3. The van der Waals surface area contributed by atoms with Crippen molar-refractivity contribution in [2.45, 2.75) is 18.6 Å². The van der Waals surface area contributed by atoms with Gasteiger partial charge in [-0.2, -0.15) is 0 Å². The van der Waals surface area contributed by atoms with E-state index in [9.17, 15) is 0 Å². The maximum absolute atomic E-state index is 5.05. The number of hydrogen-bond donors (Lipinski definition) is 0. The molecule has 0 amide bonds. The van der Waals surface area contributed by atoms with Gasteiger partial charge in [0.2, 0.25) is 0 Å². The molecule has 0 atom stereocenters. The Hall–Kier alpha value is -1.33. The molecule has 4 nitrogen and oxygen atoms in total. The van der Waals surface area contributed by atoms with E-state index in [1.54, 1.807) is 18.9 Å². The van der Waals surface area contributed by atoms with Crippen molar-refractivity contribution in [1.82, 2.24) is 14.8 Å². The first-order valence-electron chi connectivity index (χ1n) is 5.86. The van der Waals surface area contributed by atoms with Gasteiger partial charge in [0.25, 0.3) is 0 Å². The Morgan fingerprint density at radius 2 is 2.00 bits per heavy atom. The number of ether oxygens (including phenoxy) is 1. The summed E-state index contributed by atoms with van der Waals surface area (Å²) in [5.41, 5.74) is 1.26. The third kappa shape index (κ3) is 3.34. The van der Waals surface area contributed by atoms with Crippen LogP contribution in [0.3, 0.4) is 0 Å². The van der Waals surface area contributed by atoms with E-state index < -0.39 is 0 Å². The lowest BCUT2D eigenvalue weighted by Gasteiger charge is -2.08. The Balaban J connectivity index is 2.09. The Bertz CT molecular complexity index is 484. The largest absolute Gasteiger partial charge is 0.384 e. The first-order valence-corrected chi connectivity index (χ1v) is 6.85. The van der Waals surface area contributed by atoms with Crippen LogP contribution in [0.25, 0.3) is 0 Å². The van der Waals surface area contributed by atoms with Crippen molar-refractivity contribution in [1.29, 1.82) is 0 Å². The molecular weight excluding hydrogens is 246 g/mol. The summed E-state index contributed by atoms with van der Waals surface area (Å²) in [7, 11) is 1.71. The fourth-order valence-corrected chi connectivity index (χ4v) is 2.52. The molecule has 0 saturated carbocycles. The van der Waals surface area contributed by atoms with Crippen molar-refractivity contribution in [3.63, 3.8) is 0 Å². The lowest BCUT2D eigenvalue weighted by Crippen LogP contribution is -2.04. The Kier molecular flexibility index (Phi) is 4.78. The van der Waals surface area contributed by atoms with E-state index in [2.05, 4.69) is 26.9 Å². The molecule has 96 valence electrons. The van der Waals surface area contributed by atoms with E-state index in [0.29, 0.717) is 0 Å². The molecule has 5 heteroatoms. The molecule has 0 N–H and O–H groups in total. The van der Waals surface area contributed by atoms with Crippen molar-refractivity contribution in [2.24, 2.45) is 0 Å². The minimum absolute atomic E-state index is 0.724. The quantitative estimate of drug-likeness (QED) is 0.592. The van der Waals surface area contributed by atoms with Crippen molar-refractivity contribution in [2.75, 3.05) is 19.5 Å². The average molecular weight is 263 g/mol. The topological polar surface area (TPSA) is 39.9 Å². The number of rotatable bonds is 6. The van der Waals surface area contributed by atoms with Crippen LogP contribution in [-0.2, 0) is 11.3 Å². The number of hydrogen-bond acceptors (Lipinski definition) is 4. The highest BCUT2D eigenvalue weighted by molar-refractivity contribution is 7.99. The summed E-state index contributed by atoms with van der Waals surface area (Å²) < 4.78 is 7.18. The third-order valence-corrected chi connectivity index (χ3v) is 3.53. The fourth-order valence-electron chi connectivity index (χ4n) is 1.63. The lowest BCUT2D eigenvalue weighted by atomic mass is 10.2. The van der Waals surface area contributed by atoms with Crippen LogP contribution < -0.4 is 0 Å². The summed E-state index contributed by atoms with van der Waals surface area (Å²) in [6, 6.07) is 10.3. The zero-order chi connectivity index (χ0) is 12.8. The maximum Gasteiger partial charge on any atom is 0.191 e. The van der Waals surface area contributed by atoms with Gasteiger partial charge in [0, 0.05) is 12.9 Å². The Labute approximate surface area is 111 Å². The fraction of sp³-hybridized carbons (Fsp3) is 0.385. The monoisotopic (exact) mass is 263 g/mol.